The molecule has 0 saturated carbocycles. The Balaban J connectivity index is 0.00000144. The average Bonchev–Trinajstić information content (AvgIpc) is 2.30. The van der Waals surface area contributed by atoms with E-state index in [1.807, 2.05) is 36.1 Å². The Bertz CT molecular complexity index is 370. The van der Waals surface area contributed by atoms with Gasteiger partial charge in [-0.15, -0.1) is 12.4 Å². The van der Waals surface area contributed by atoms with Crippen LogP contribution in [0.15, 0.2) is 24.3 Å². The van der Waals surface area contributed by atoms with E-state index in [0.29, 0.717) is 0 Å². The smallest absolute Gasteiger partial charge is 0.253 e. The average molecular weight is 255 g/mol. The van der Waals surface area contributed by atoms with Gasteiger partial charge in [0.1, 0.15) is 0 Å². The Morgan fingerprint density at radius 3 is 2.12 bits per heavy atom. The SMILES string of the molecule is Cc1ccc(C(=O)N2CCN(C)CC2)cc1.Cl. The predicted molar refractivity (Wildman–Crippen MR) is 71.8 cm³/mol. The molecular formula is C13H19ClN2O. The molecule has 1 fully saturated rings. The third kappa shape index (κ3) is 3.45. The number of nitrogens with zero attached hydrogens (tertiary/aromatic N) is 2. The first-order chi connectivity index (χ1) is 7.66. The Hall–Kier alpha value is -1.06. The minimum absolute atomic E-state index is 0. The minimum Gasteiger partial charge on any atom is -0.336 e. The normalized spacial score (nSPS) is 16.5. The summed E-state index contributed by atoms with van der Waals surface area (Å²) in [6, 6.07) is 7.80. The second-order valence-corrected chi connectivity index (χ2v) is 4.46. The number of piperazine rings is 1. The van der Waals surface area contributed by atoms with Crippen molar-refractivity contribution in [3.05, 3.63) is 35.4 Å². The van der Waals surface area contributed by atoms with E-state index in [1.165, 1.54) is 5.56 Å². The maximum atomic E-state index is 12.1. The van der Waals surface area contributed by atoms with Crippen LogP contribution in [0.3, 0.4) is 0 Å². The van der Waals surface area contributed by atoms with Crippen LogP contribution in [0.1, 0.15) is 15.9 Å². The van der Waals surface area contributed by atoms with Crippen molar-refractivity contribution in [2.24, 2.45) is 0 Å². The van der Waals surface area contributed by atoms with Gasteiger partial charge in [0.2, 0.25) is 0 Å². The van der Waals surface area contributed by atoms with E-state index in [9.17, 15) is 4.79 Å². The second kappa shape index (κ2) is 6.03. The monoisotopic (exact) mass is 254 g/mol. The van der Waals surface area contributed by atoms with Crippen LogP contribution in [0.5, 0.6) is 0 Å². The third-order valence-corrected chi connectivity index (χ3v) is 3.09. The van der Waals surface area contributed by atoms with Crippen molar-refractivity contribution < 1.29 is 4.79 Å². The number of carbonyl (C=O) groups is 1. The van der Waals surface area contributed by atoms with Crippen LogP contribution in [0.4, 0.5) is 0 Å². The summed E-state index contributed by atoms with van der Waals surface area (Å²) in [5.41, 5.74) is 1.99. The number of aryl methyl sites for hydroxylation is 1. The highest BCUT2D eigenvalue weighted by Crippen LogP contribution is 2.09. The fourth-order valence-electron chi connectivity index (χ4n) is 1.89. The molecule has 4 heteroatoms. The van der Waals surface area contributed by atoms with Gasteiger partial charge >= 0.3 is 0 Å². The molecule has 0 radical (unpaired) electrons. The maximum absolute atomic E-state index is 12.1. The molecule has 94 valence electrons. The molecule has 2 rings (SSSR count). The Morgan fingerprint density at radius 2 is 1.59 bits per heavy atom. The van der Waals surface area contributed by atoms with E-state index in [-0.39, 0.29) is 18.3 Å². The number of hydrogen-bond donors (Lipinski definition) is 0. The number of likely N-dealkylation sites (N-methyl/N-ethyl adjacent to an activating group) is 1. The summed E-state index contributed by atoms with van der Waals surface area (Å²) in [6.07, 6.45) is 0. The molecule has 1 saturated heterocycles. The topological polar surface area (TPSA) is 23.6 Å². The number of rotatable bonds is 1. The largest absolute Gasteiger partial charge is 0.336 e. The molecule has 0 atom stereocenters. The van der Waals surface area contributed by atoms with Gasteiger partial charge < -0.3 is 9.80 Å². The molecule has 0 N–H and O–H groups in total. The molecule has 0 aliphatic carbocycles. The van der Waals surface area contributed by atoms with Gasteiger partial charge in [-0.25, -0.2) is 0 Å². The van der Waals surface area contributed by atoms with Crippen molar-refractivity contribution in [3.8, 4) is 0 Å². The molecule has 1 aliphatic heterocycles. The van der Waals surface area contributed by atoms with Crippen molar-refractivity contribution in [1.82, 2.24) is 9.80 Å². The van der Waals surface area contributed by atoms with Gasteiger partial charge in [0.05, 0.1) is 0 Å². The molecule has 1 heterocycles. The number of halogens is 1. The number of amides is 1. The Kier molecular flexibility index (Phi) is 4.97. The quantitative estimate of drug-likeness (QED) is 0.763. The lowest BCUT2D eigenvalue weighted by Gasteiger charge is -2.32. The maximum Gasteiger partial charge on any atom is 0.253 e. The zero-order valence-electron chi connectivity index (χ0n) is 10.3. The van der Waals surface area contributed by atoms with E-state index in [1.54, 1.807) is 0 Å². The lowest BCUT2D eigenvalue weighted by Crippen LogP contribution is -2.47. The number of carbonyl (C=O) groups excluding carboxylic acids is 1. The zero-order valence-corrected chi connectivity index (χ0v) is 11.2. The summed E-state index contributed by atoms with van der Waals surface area (Å²) >= 11 is 0. The summed E-state index contributed by atoms with van der Waals surface area (Å²) in [5.74, 6) is 0.160. The fourth-order valence-corrected chi connectivity index (χ4v) is 1.89. The first-order valence-corrected chi connectivity index (χ1v) is 5.71. The van der Waals surface area contributed by atoms with Crippen molar-refractivity contribution in [2.75, 3.05) is 33.2 Å². The van der Waals surface area contributed by atoms with E-state index >= 15 is 0 Å². The third-order valence-electron chi connectivity index (χ3n) is 3.09. The first-order valence-electron chi connectivity index (χ1n) is 5.71. The highest BCUT2D eigenvalue weighted by molar-refractivity contribution is 5.94. The molecule has 1 aliphatic rings. The van der Waals surface area contributed by atoms with Gasteiger partial charge in [0, 0.05) is 31.7 Å². The highest BCUT2D eigenvalue weighted by Gasteiger charge is 2.19. The van der Waals surface area contributed by atoms with Crippen LogP contribution in [-0.4, -0.2) is 48.9 Å². The van der Waals surface area contributed by atoms with Crippen LogP contribution in [0.2, 0.25) is 0 Å². The fraction of sp³-hybridized carbons (Fsp3) is 0.462. The Labute approximate surface area is 109 Å². The zero-order chi connectivity index (χ0) is 11.5. The van der Waals surface area contributed by atoms with Gasteiger partial charge in [0.25, 0.3) is 5.91 Å². The van der Waals surface area contributed by atoms with Crippen molar-refractivity contribution >= 4 is 18.3 Å². The van der Waals surface area contributed by atoms with Crippen molar-refractivity contribution in [1.29, 1.82) is 0 Å². The van der Waals surface area contributed by atoms with E-state index in [4.69, 9.17) is 0 Å². The van der Waals surface area contributed by atoms with Crippen molar-refractivity contribution in [3.63, 3.8) is 0 Å². The van der Waals surface area contributed by atoms with Gasteiger partial charge in [-0.05, 0) is 26.1 Å². The molecule has 17 heavy (non-hydrogen) atoms. The number of hydrogen-bond acceptors (Lipinski definition) is 2. The molecular weight excluding hydrogens is 236 g/mol. The molecule has 1 aromatic rings. The molecule has 0 unspecified atom stereocenters. The van der Waals surface area contributed by atoms with Gasteiger partial charge in [-0.3, -0.25) is 4.79 Å². The number of benzene rings is 1. The minimum atomic E-state index is 0. The van der Waals surface area contributed by atoms with Gasteiger partial charge in [0.15, 0.2) is 0 Å². The van der Waals surface area contributed by atoms with E-state index in [2.05, 4.69) is 11.9 Å². The summed E-state index contributed by atoms with van der Waals surface area (Å²) < 4.78 is 0. The lowest BCUT2D eigenvalue weighted by atomic mass is 10.1. The summed E-state index contributed by atoms with van der Waals surface area (Å²) in [4.78, 5) is 16.3. The molecule has 1 aromatic carbocycles. The molecule has 1 amide bonds. The van der Waals surface area contributed by atoms with Gasteiger partial charge in [-0.1, -0.05) is 17.7 Å². The molecule has 0 aromatic heterocycles. The standard InChI is InChI=1S/C13H18N2O.ClH/c1-11-3-5-12(6-4-11)13(16)15-9-7-14(2)8-10-15;/h3-6H,7-10H2,1-2H3;1H. The Morgan fingerprint density at radius 1 is 1.06 bits per heavy atom. The second-order valence-electron chi connectivity index (χ2n) is 4.46. The lowest BCUT2D eigenvalue weighted by molar-refractivity contribution is 0.0664. The molecule has 3 nitrogen and oxygen atoms in total. The van der Waals surface area contributed by atoms with Crippen LogP contribution < -0.4 is 0 Å². The van der Waals surface area contributed by atoms with Crippen LogP contribution in [0, 0.1) is 6.92 Å². The molecule has 0 bridgehead atoms. The van der Waals surface area contributed by atoms with Crippen LogP contribution in [0.25, 0.3) is 0 Å². The van der Waals surface area contributed by atoms with E-state index in [0.717, 1.165) is 31.7 Å². The summed E-state index contributed by atoms with van der Waals surface area (Å²) in [5, 5.41) is 0. The molecule has 0 spiro atoms. The summed E-state index contributed by atoms with van der Waals surface area (Å²) in [7, 11) is 2.09. The first kappa shape index (κ1) is 14.0. The van der Waals surface area contributed by atoms with E-state index < -0.39 is 0 Å². The summed E-state index contributed by atoms with van der Waals surface area (Å²) in [6.45, 7) is 5.64. The highest BCUT2D eigenvalue weighted by atomic mass is 35.5. The van der Waals surface area contributed by atoms with Crippen LogP contribution in [-0.2, 0) is 0 Å². The van der Waals surface area contributed by atoms with Crippen LogP contribution >= 0.6 is 12.4 Å². The van der Waals surface area contributed by atoms with Gasteiger partial charge in [-0.2, -0.15) is 0 Å². The predicted octanol–water partition coefficient (Wildman–Crippen LogP) is 1.80. The van der Waals surface area contributed by atoms with Crippen molar-refractivity contribution in [2.45, 2.75) is 6.92 Å².